The number of rotatable bonds is 1. The van der Waals surface area contributed by atoms with Gasteiger partial charge in [-0.25, -0.2) is 14.6 Å². The van der Waals surface area contributed by atoms with Crippen molar-refractivity contribution in [1.82, 2.24) is 19.7 Å². The van der Waals surface area contributed by atoms with E-state index in [2.05, 4.69) is 15.1 Å². The van der Waals surface area contributed by atoms with Crippen molar-refractivity contribution in [2.75, 3.05) is 6.61 Å². The molecule has 2 aromatic rings. The molecule has 0 amide bonds. The van der Waals surface area contributed by atoms with E-state index in [0.717, 1.165) is 36.3 Å². The maximum atomic E-state index is 5.69. The molecule has 84 valence electrons. The van der Waals surface area contributed by atoms with Crippen molar-refractivity contribution in [3.8, 4) is 0 Å². The SMILES string of the molecule is Cc1cnc2c(cnn2[C@H]2CCCCO2)n1. The van der Waals surface area contributed by atoms with E-state index < -0.39 is 0 Å². The molecule has 3 heterocycles. The molecule has 0 radical (unpaired) electrons. The van der Waals surface area contributed by atoms with E-state index in [-0.39, 0.29) is 6.23 Å². The molecule has 5 nitrogen and oxygen atoms in total. The van der Waals surface area contributed by atoms with Crippen LogP contribution in [0.25, 0.3) is 11.2 Å². The lowest BCUT2D eigenvalue weighted by Gasteiger charge is -2.22. The minimum atomic E-state index is 0.0308. The maximum absolute atomic E-state index is 5.69. The highest BCUT2D eigenvalue weighted by Gasteiger charge is 2.19. The second-order valence-corrected chi connectivity index (χ2v) is 4.13. The van der Waals surface area contributed by atoms with E-state index in [1.807, 2.05) is 11.6 Å². The highest BCUT2D eigenvalue weighted by atomic mass is 16.5. The summed E-state index contributed by atoms with van der Waals surface area (Å²) in [5.74, 6) is 0. The van der Waals surface area contributed by atoms with Crippen LogP contribution in [-0.2, 0) is 4.74 Å². The Morgan fingerprint density at radius 1 is 1.38 bits per heavy atom. The van der Waals surface area contributed by atoms with Gasteiger partial charge in [0.05, 0.1) is 18.1 Å². The van der Waals surface area contributed by atoms with Crippen molar-refractivity contribution < 1.29 is 4.74 Å². The summed E-state index contributed by atoms with van der Waals surface area (Å²) in [7, 11) is 0. The third-order valence-corrected chi connectivity index (χ3v) is 2.85. The molecule has 0 bridgehead atoms. The lowest BCUT2D eigenvalue weighted by Crippen LogP contribution is -2.19. The Labute approximate surface area is 93.5 Å². The normalized spacial score (nSPS) is 21.4. The highest BCUT2D eigenvalue weighted by Crippen LogP contribution is 2.24. The van der Waals surface area contributed by atoms with Gasteiger partial charge in [-0.15, -0.1) is 0 Å². The fraction of sp³-hybridized carbons (Fsp3) is 0.545. The number of ether oxygens (including phenoxy) is 1. The molecule has 0 aromatic carbocycles. The topological polar surface area (TPSA) is 52.8 Å². The second kappa shape index (κ2) is 3.83. The Kier molecular flexibility index (Phi) is 2.32. The number of aryl methyl sites for hydroxylation is 1. The molecule has 3 rings (SSSR count). The Morgan fingerprint density at radius 3 is 3.12 bits per heavy atom. The molecule has 1 fully saturated rings. The first-order valence-corrected chi connectivity index (χ1v) is 5.63. The van der Waals surface area contributed by atoms with Crippen LogP contribution in [0.3, 0.4) is 0 Å². The molecule has 1 aliphatic rings. The van der Waals surface area contributed by atoms with Crippen molar-refractivity contribution in [3.05, 3.63) is 18.1 Å². The van der Waals surface area contributed by atoms with Gasteiger partial charge in [-0.1, -0.05) is 0 Å². The monoisotopic (exact) mass is 218 g/mol. The average molecular weight is 218 g/mol. The Balaban J connectivity index is 2.03. The zero-order valence-electron chi connectivity index (χ0n) is 9.26. The molecular formula is C11H14N4O. The number of hydrogen-bond acceptors (Lipinski definition) is 4. The highest BCUT2D eigenvalue weighted by molar-refractivity contribution is 5.69. The van der Waals surface area contributed by atoms with E-state index >= 15 is 0 Å². The van der Waals surface area contributed by atoms with Crippen LogP contribution in [0.5, 0.6) is 0 Å². The summed E-state index contributed by atoms with van der Waals surface area (Å²) >= 11 is 0. The smallest absolute Gasteiger partial charge is 0.179 e. The number of aromatic nitrogens is 4. The third kappa shape index (κ3) is 1.57. The van der Waals surface area contributed by atoms with Gasteiger partial charge in [0.2, 0.25) is 0 Å². The Bertz CT molecular complexity index is 502. The van der Waals surface area contributed by atoms with E-state index in [9.17, 15) is 0 Å². The van der Waals surface area contributed by atoms with Crippen LogP contribution in [0.4, 0.5) is 0 Å². The molecule has 0 aliphatic carbocycles. The second-order valence-electron chi connectivity index (χ2n) is 4.13. The molecule has 2 aromatic heterocycles. The van der Waals surface area contributed by atoms with Gasteiger partial charge >= 0.3 is 0 Å². The number of fused-ring (bicyclic) bond motifs is 1. The van der Waals surface area contributed by atoms with Crippen molar-refractivity contribution in [3.63, 3.8) is 0 Å². The van der Waals surface area contributed by atoms with Crippen LogP contribution in [0.1, 0.15) is 31.2 Å². The minimum absolute atomic E-state index is 0.0308. The summed E-state index contributed by atoms with van der Waals surface area (Å²) in [5, 5.41) is 4.33. The standard InChI is InChI=1S/C11H14N4O/c1-8-6-12-11-9(14-8)7-13-15(11)10-4-2-3-5-16-10/h6-7,10H,2-5H2,1H3/t10-/m1/s1. The molecule has 0 saturated carbocycles. The first-order chi connectivity index (χ1) is 7.84. The summed E-state index contributed by atoms with van der Waals surface area (Å²) in [6.45, 7) is 2.74. The van der Waals surface area contributed by atoms with E-state index in [1.54, 1.807) is 12.4 Å². The van der Waals surface area contributed by atoms with Gasteiger partial charge in [-0.2, -0.15) is 5.10 Å². The van der Waals surface area contributed by atoms with Gasteiger partial charge in [0.1, 0.15) is 5.52 Å². The van der Waals surface area contributed by atoms with Gasteiger partial charge in [0.25, 0.3) is 0 Å². The van der Waals surface area contributed by atoms with Crippen LogP contribution in [0, 0.1) is 6.92 Å². The zero-order valence-corrected chi connectivity index (χ0v) is 9.26. The van der Waals surface area contributed by atoms with Gasteiger partial charge in [0.15, 0.2) is 11.9 Å². The number of hydrogen-bond donors (Lipinski definition) is 0. The van der Waals surface area contributed by atoms with Crippen LogP contribution < -0.4 is 0 Å². The molecule has 16 heavy (non-hydrogen) atoms. The lowest BCUT2D eigenvalue weighted by molar-refractivity contribution is -0.0370. The largest absolute Gasteiger partial charge is 0.356 e. The molecular weight excluding hydrogens is 204 g/mol. The van der Waals surface area contributed by atoms with Gasteiger partial charge < -0.3 is 4.74 Å². The molecule has 5 heteroatoms. The summed E-state index contributed by atoms with van der Waals surface area (Å²) < 4.78 is 7.54. The van der Waals surface area contributed by atoms with Crippen molar-refractivity contribution >= 4 is 11.2 Å². The molecule has 0 spiro atoms. The van der Waals surface area contributed by atoms with Gasteiger partial charge in [-0.05, 0) is 26.2 Å². The summed E-state index contributed by atoms with van der Waals surface area (Å²) in [5.41, 5.74) is 2.57. The zero-order chi connectivity index (χ0) is 11.0. The summed E-state index contributed by atoms with van der Waals surface area (Å²) in [6.07, 6.45) is 6.89. The van der Waals surface area contributed by atoms with Crippen molar-refractivity contribution in [2.24, 2.45) is 0 Å². The fourth-order valence-corrected chi connectivity index (χ4v) is 2.05. The first-order valence-electron chi connectivity index (χ1n) is 5.63. The van der Waals surface area contributed by atoms with Crippen molar-refractivity contribution in [2.45, 2.75) is 32.4 Å². The van der Waals surface area contributed by atoms with Crippen LogP contribution in [0.15, 0.2) is 12.4 Å². The van der Waals surface area contributed by atoms with E-state index in [0.29, 0.717) is 0 Å². The molecule has 1 aliphatic heterocycles. The third-order valence-electron chi connectivity index (χ3n) is 2.85. The molecule has 1 saturated heterocycles. The van der Waals surface area contributed by atoms with Crippen LogP contribution in [-0.4, -0.2) is 26.4 Å². The maximum Gasteiger partial charge on any atom is 0.179 e. The Hall–Kier alpha value is -1.49. The molecule has 0 N–H and O–H groups in total. The summed E-state index contributed by atoms with van der Waals surface area (Å²) in [4.78, 5) is 8.76. The fourth-order valence-electron chi connectivity index (χ4n) is 2.05. The number of nitrogens with zero attached hydrogens (tertiary/aromatic N) is 4. The quantitative estimate of drug-likeness (QED) is 0.732. The first kappa shape index (κ1) is 9.72. The molecule has 0 unspecified atom stereocenters. The Morgan fingerprint density at radius 2 is 2.31 bits per heavy atom. The average Bonchev–Trinajstić information content (AvgIpc) is 2.73. The van der Waals surface area contributed by atoms with Gasteiger partial charge in [-0.3, -0.25) is 0 Å². The lowest BCUT2D eigenvalue weighted by atomic mass is 10.2. The van der Waals surface area contributed by atoms with Gasteiger partial charge in [0, 0.05) is 6.61 Å². The van der Waals surface area contributed by atoms with E-state index in [1.165, 1.54) is 6.42 Å². The summed E-state index contributed by atoms with van der Waals surface area (Å²) in [6, 6.07) is 0. The van der Waals surface area contributed by atoms with Crippen LogP contribution in [0.2, 0.25) is 0 Å². The van der Waals surface area contributed by atoms with Crippen molar-refractivity contribution in [1.29, 1.82) is 0 Å². The predicted octanol–water partition coefficient (Wildman–Crippen LogP) is 1.83. The van der Waals surface area contributed by atoms with E-state index in [4.69, 9.17) is 4.74 Å². The van der Waals surface area contributed by atoms with Crippen LogP contribution >= 0.6 is 0 Å². The molecule has 1 atom stereocenters. The minimum Gasteiger partial charge on any atom is -0.356 e. The predicted molar refractivity (Wildman–Crippen MR) is 58.9 cm³/mol.